The van der Waals surface area contributed by atoms with Gasteiger partial charge in [-0.15, -0.1) is 0 Å². The Balaban J connectivity index is 1.99. The third-order valence-corrected chi connectivity index (χ3v) is 2.70. The summed E-state index contributed by atoms with van der Waals surface area (Å²) in [6, 6.07) is 13.1. The number of benzene rings is 1. The summed E-state index contributed by atoms with van der Waals surface area (Å²) < 4.78 is 0. The molecule has 0 atom stereocenters. The summed E-state index contributed by atoms with van der Waals surface area (Å²) in [7, 11) is 0. The minimum atomic E-state index is -0.224. The molecule has 1 aromatic carbocycles. The molecule has 19 heavy (non-hydrogen) atoms. The maximum atomic E-state index is 11.9. The van der Waals surface area contributed by atoms with Crippen LogP contribution in [-0.2, 0) is 6.54 Å². The molecule has 1 heterocycles. The van der Waals surface area contributed by atoms with E-state index in [-0.39, 0.29) is 5.91 Å². The zero-order valence-electron chi connectivity index (χ0n) is 10.7. The molecular formula is C14H16N4O. The van der Waals surface area contributed by atoms with E-state index in [9.17, 15) is 4.79 Å². The second-order valence-electron chi connectivity index (χ2n) is 4.22. The Morgan fingerprint density at radius 1 is 1.21 bits per heavy atom. The van der Waals surface area contributed by atoms with E-state index in [1.165, 1.54) is 5.56 Å². The zero-order chi connectivity index (χ0) is 13.7. The van der Waals surface area contributed by atoms with Gasteiger partial charge in [0.2, 0.25) is 0 Å². The molecule has 0 aliphatic heterocycles. The summed E-state index contributed by atoms with van der Waals surface area (Å²) in [5, 5.41) is 2.82. The lowest BCUT2D eigenvalue weighted by molar-refractivity contribution is 0.0946. The number of carbonyl (C=O) groups is 1. The molecule has 0 spiro atoms. The number of carbonyl (C=O) groups excluding carboxylic acids is 1. The molecule has 0 bridgehead atoms. The average molecular weight is 256 g/mol. The van der Waals surface area contributed by atoms with Gasteiger partial charge in [-0.1, -0.05) is 35.9 Å². The van der Waals surface area contributed by atoms with Crippen molar-refractivity contribution in [2.24, 2.45) is 5.84 Å². The van der Waals surface area contributed by atoms with E-state index < -0.39 is 0 Å². The highest BCUT2D eigenvalue weighted by Gasteiger charge is 2.07. The number of aromatic nitrogens is 1. The number of nitrogens with zero attached hydrogens (tertiary/aromatic N) is 1. The van der Waals surface area contributed by atoms with Crippen molar-refractivity contribution in [1.29, 1.82) is 0 Å². The lowest BCUT2D eigenvalue weighted by Gasteiger charge is -2.06. The van der Waals surface area contributed by atoms with E-state index >= 15 is 0 Å². The van der Waals surface area contributed by atoms with Gasteiger partial charge in [-0.05, 0) is 24.6 Å². The number of anilines is 1. The summed E-state index contributed by atoms with van der Waals surface area (Å²) in [4.78, 5) is 16.0. The van der Waals surface area contributed by atoms with Gasteiger partial charge >= 0.3 is 0 Å². The average Bonchev–Trinajstić information content (AvgIpc) is 2.46. The molecule has 0 radical (unpaired) electrons. The molecule has 0 aliphatic carbocycles. The third-order valence-electron chi connectivity index (χ3n) is 2.70. The zero-order valence-corrected chi connectivity index (χ0v) is 10.7. The van der Waals surface area contributed by atoms with Crippen LogP contribution in [0.25, 0.3) is 0 Å². The second-order valence-corrected chi connectivity index (χ2v) is 4.22. The van der Waals surface area contributed by atoms with Crippen molar-refractivity contribution in [2.75, 3.05) is 5.43 Å². The summed E-state index contributed by atoms with van der Waals surface area (Å²) in [6.45, 7) is 2.50. The highest BCUT2D eigenvalue weighted by molar-refractivity contribution is 5.92. The number of nitrogens with one attached hydrogen (secondary N) is 2. The van der Waals surface area contributed by atoms with Crippen LogP contribution in [0.4, 0.5) is 5.82 Å². The SMILES string of the molecule is Cc1ccc(CNC(=O)c2cccc(NN)n2)cc1. The molecule has 5 nitrogen and oxygen atoms in total. The van der Waals surface area contributed by atoms with Gasteiger partial charge in [0.25, 0.3) is 5.91 Å². The van der Waals surface area contributed by atoms with Crippen LogP contribution in [-0.4, -0.2) is 10.9 Å². The quantitative estimate of drug-likeness (QED) is 0.573. The lowest BCUT2D eigenvalue weighted by Crippen LogP contribution is -2.24. The van der Waals surface area contributed by atoms with Gasteiger partial charge in [0.05, 0.1) is 0 Å². The van der Waals surface area contributed by atoms with Crippen molar-refractivity contribution in [3.8, 4) is 0 Å². The van der Waals surface area contributed by atoms with Gasteiger partial charge in [-0.2, -0.15) is 0 Å². The first-order chi connectivity index (χ1) is 9.19. The van der Waals surface area contributed by atoms with Crippen LogP contribution in [0.3, 0.4) is 0 Å². The third kappa shape index (κ3) is 3.53. The van der Waals surface area contributed by atoms with Crippen LogP contribution in [0.1, 0.15) is 21.6 Å². The Hall–Kier alpha value is -2.40. The first kappa shape index (κ1) is 13.0. The maximum Gasteiger partial charge on any atom is 0.270 e. The molecule has 0 saturated carbocycles. The fourth-order valence-corrected chi connectivity index (χ4v) is 1.62. The van der Waals surface area contributed by atoms with Gasteiger partial charge in [0, 0.05) is 6.54 Å². The van der Waals surface area contributed by atoms with E-state index in [1.54, 1.807) is 18.2 Å². The Kier molecular flexibility index (Phi) is 4.10. The Labute approximate surface area is 111 Å². The Morgan fingerprint density at radius 3 is 2.63 bits per heavy atom. The highest BCUT2D eigenvalue weighted by atomic mass is 16.1. The predicted molar refractivity (Wildman–Crippen MR) is 74.4 cm³/mol. The number of hydrazine groups is 1. The molecule has 0 aliphatic rings. The van der Waals surface area contributed by atoms with Gasteiger partial charge in [-0.25, -0.2) is 10.8 Å². The lowest BCUT2D eigenvalue weighted by atomic mass is 10.1. The monoisotopic (exact) mass is 256 g/mol. The van der Waals surface area contributed by atoms with Crippen molar-refractivity contribution < 1.29 is 4.79 Å². The molecule has 4 N–H and O–H groups in total. The summed E-state index contributed by atoms with van der Waals surface area (Å²) >= 11 is 0. The number of pyridine rings is 1. The Bertz CT molecular complexity index is 566. The first-order valence-electron chi connectivity index (χ1n) is 5.96. The van der Waals surface area contributed by atoms with Crippen molar-refractivity contribution in [3.05, 3.63) is 59.3 Å². The predicted octanol–water partition coefficient (Wildman–Crippen LogP) is 1.61. The first-order valence-corrected chi connectivity index (χ1v) is 5.96. The van der Waals surface area contributed by atoms with Crippen LogP contribution < -0.4 is 16.6 Å². The molecule has 2 aromatic rings. The minimum Gasteiger partial charge on any atom is -0.347 e. The van der Waals surface area contributed by atoms with Crippen LogP contribution in [0.5, 0.6) is 0 Å². The van der Waals surface area contributed by atoms with Crippen LogP contribution in [0.15, 0.2) is 42.5 Å². The molecule has 0 unspecified atom stereocenters. The number of nitrogens with two attached hydrogens (primary N) is 1. The smallest absolute Gasteiger partial charge is 0.270 e. The molecular weight excluding hydrogens is 240 g/mol. The largest absolute Gasteiger partial charge is 0.347 e. The number of aryl methyl sites for hydroxylation is 1. The van der Waals surface area contributed by atoms with Crippen molar-refractivity contribution in [1.82, 2.24) is 10.3 Å². The highest BCUT2D eigenvalue weighted by Crippen LogP contribution is 2.05. The normalized spacial score (nSPS) is 10.0. The van der Waals surface area contributed by atoms with Crippen LogP contribution in [0.2, 0.25) is 0 Å². The number of nitrogen functional groups attached to an aromatic ring is 1. The second kappa shape index (κ2) is 5.97. The fraction of sp³-hybridized carbons (Fsp3) is 0.143. The van der Waals surface area contributed by atoms with E-state index in [1.807, 2.05) is 31.2 Å². The van der Waals surface area contributed by atoms with E-state index in [0.29, 0.717) is 18.1 Å². The number of rotatable bonds is 4. The minimum absolute atomic E-state index is 0.224. The molecule has 98 valence electrons. The van der Waals surface area contributed by atoms with Gasteiger partial charge < -0.3 is 10.7 Å². The number of hydrogen-bond acceptors (Lipinski definition) is 4. The Morgan fingerprint density at radius 2 is 1.95 bits per heavy atom. The van der Waals surface area contributed by atoms with Crippen molar-refractivity contribution in [3.63, 3.8) is 0 Å². The van der Waals surface area contributed by atoms with Crippen LogP contribution >= 0.6 is 0 Å². The number of hydrogen-bond donors (Lipinski definition) is 3. The molecule has 1 amide bonds. The van der Waals surface area contributed by atoms with E-state index in [4.69, 9.17) is 5.84 Å². The number of amides is 1. The topological polar surface area (TPSA) is 80.0 Å². The molecule has 5 heteroatoms. The van der Waals surface area contributed by atoms with Gasteiger partial charge in [0.15, 0.2) is 0 Å². The fourth-order valence-electron chi connectivity index (χ4n) is 1.62. The summed E-state index contributed by atoms with van der Waals surface area (Å²) in [5.74, 6) is 5.49. The standard InChI is InChI=1S/C14H16N4O/c1-10-5-7-11(8-6-10)9-16-14(19)12-3-2-4-13(17-12)18-15/h2-8H,9,15H2,1H3,(H,16,19)(H,17,18). The van der Waals surface area contributed by atoms with E-state index in [2.05, 4.69) is 15.7 Å². The molecule has 1 aromatic heterocycles. The van der Waals surface area contributed by atoms with E-state index in [0.717, 1.165) is 5.56 Å². The van der Waals surface area contributed by atoms with Gasteiger partial charge in [0.1, 0.15) is 11.5 Å². The summed E-state index contributed by atoms with van der Waals surface area (Å²) in [6.07, 6.45) is 0. The summed E-state index contributed by atoms with van der Waals surface area (Å²) in [5.41, 5.74) is 4.99. The molecule has 0 fully saturated rings. The van der Waals surface area contributed by atoms with Gasteiger partial charge in [-0.3, -0.25) is 4.79 Å². The molecule has 0 saturated heterocycles. The van der Waals surface area contributed by atoms with Crippen molar-refractivity contribution in [2.45, 2.75) is 13.5 Å². The van der Waals surface area contributed by atoms with Crippen LogP contribution in [0, 0.1) is 6.92 Å². The van der Waals surface area contributed by atoms with Crippen molar-refractivity contribution >= 4 is 11.7 Å². The maximum absolute atomic E-state index is 11.9. The molecule has 2 rings (SSSR count).